The van der Waals surface area contributed by atoms with Gasteiger partial charge in [-0.15, -0.1) is 0 Å². The summed E-state index contributed by atoms with van der Waals surface area (Å²) in [6.07, 6.45) is -2.89. The first kappa shape index (κ1) is 14.7. The number of nitrogens with zero attached hydrogens (tertiary/aromatic N) is 2. The van der Waals surface area contributed by atoms with Crippen LogP contribution >= 0.6 is 0 Å². The van der Waals surface area contributed by atoms with Gasteiger partial charge in [0.05, 0.1) is 19.6 Å². The molecule has 0 aromatic rings. The summed E-state index contributed by atoms with van der Waals surface area (Å²) in [5.74, 6) is 0.396. The highest BCUT2D eigenvalue weighted by atomic mass is 19.3. The van der Waals surface area contributed by atoms with Gasteiger partial charge in [-0.05, 0) is 20.8 Å². The van der Waals surface area contributed by atoms with Crippen molar-refractivity contribution in [3.63, 3.8) is 0 Å². The zero-order chi connectivity index (χ0) is 13.8. The van der Waals surface area contributed by atoms with Crippen LogP contribution in [-0.4, -0.2) is 55.0 Å². The second-order valence-corrected chi connectivity index (χ2v) is 5.00. The van der Waals surface area contributed by atoms with Crippen LogP contribution in [0.4, 0.5) is 13.6 Å². The number of nitrogens with one attached hydrogen (secondary N) is 1. The Morgan fingerprint density at radius 3 is 2.78 bits per heavy atom. The van der Waals surface area contributed by atoms with Crippen molar-refractivity contribution in [2.24, 2.45) is 4.99 Å². The number of alkyl halides is 2. The fraction of sp³-hybridized carbons (Fsp3) is 0.818. The van der Waals surface area contributed by atoms with Crippen molar-refractivity contribution < 1.29 is 18.3 Å². The summed E-state index contributed by atoms with van der Waals surface area (Å²) < 4.78 is 29.3. The van der Waals surface area contributed by atoms with Crippen molar-refractivity contribution in [1.29, 1.82) is 0 Å². The summed E-state index contributed by atoms with van der Waals surface area (Å²) in [5.41, 5.74) is -0.567. The second-order valence-electron chi connectivity index (χ2n) is 5.00. The van der Waals surface area contributed by atoms with E-state index in [1.807, 2.05) is 0 Å². The van der Waals surface area contributed by atoms with E-state index in [0.717, 1.165) is 0 Å². The minimum Gasteiger partial charge on any atom is -0.444 e. The molecule has 0 unspecified atom stereocenters. The highest BCUT2D eigenvalue weighted by Crippen LogP contribution is 2.10. The van der Waals surface area contributed by atoms with Gasteiger partial charge in [0, 0.05) is 6.54 Å². The smallest absolute Gasteiger partial charge is 0.410 e. The molecule has 0 radical (unpaired) electrons. The van der Waals surface area contributed by atoms with Crippen molar-refractivity contribution in [2.75, 3.05) is 26.2 Å². The maximum atomic E-state index is 12.0. The fourth-order valence-electron chi connectivity index (χ4n) is 1.40. The molecular formula is C11H19F2N3O2. The molecule has 104 valence electrons. The number of ether oxygens (including phenoxy) is 1. The summed E-state index contributed by atoms with van der Waals surface area (Å²) in [6.45, 7) is 5.89. The largest absolute Gasteiger partial charge is 0.444 e. The van der Waals surface area contributed by atoms with Gasteiger partial charge in [-0.2, -0.15) is 0 Å². The minimum atomic E-state index is -2.44. The van der Waals surface area contributed by atoms with Crippen LogP contribution in [0.1, 0.15) is 20.8 Å². The molecule has 0 aromatic carbocycles. The van der Waals surface area contributed by atoms with Crippen molar-refractivity contribution in [3.05, 3.63) is 0 Å². The van der Waals surface area contributed by atoms with Gasteiger partial charge in [-0.3, -0.25) is 9.89 Å². The topological polar surface area (TPSA) is 53.9 Å². The second kappa shape index (κ2) is 5.97. The Morgan fingerprint density at radius 2 is 2.22 bits per heavy atom. The Labute approximate surface area is 105 Å². The third kappa shape index (κ3) is 5.29. The van der Waals surface area contributed by atoms with Crippen LogP contribution in [0.3, 0.4) is 0 Å². The lowest BCUT2D eigenvalue weighted by Gasteiger charge is -2.29. The van der Waals surface area contributed by atoms with Crippen LogP contribution in [0.2, 0.25) is 0 Å². The zero-order valence-electron chi connectivity index (χ0n) is 10.9. The van der Waals surface area contributed by atoms with Crippen LogP contribution in [0, 0.1) is 0 Å². The van der Waals surface area contributed by atoms with E-state index in [0.29, 0.717) is 18.9 Å². The van der Waals surface area contributed by atoms with Crippen LogP contribution in [0.15, 0.2) is 4.99 Å². The molecule has 0 bridgehead atoms. The molecule has 1 aliphatic rings. The molecule has 1 amide bonds. The lowest BCUT2D eigenvalue weighted by atomic mass is 10.2. The van der Waals surface area contributed by atoms with Crippen molar-refractivity contribution >= 4 is 11.9 Å². The van der Waals surface area contributed by atoms with E-state index in [2.05, 4.69) is 10.3 Å². The molecule has 0 saturated carbocycles. The Bertz CT molecular complexity index is 327. The standard InChI is InChI=1S/C11H19F2N3O2/c1-11(2,3)18-10(17)16-5-4-14-9(7-16)15-6-8(12)13/h8H,4-7H2,1-3H3,(H,14,15). The van der Waals surface area contributed by atoms with Crippen LogP contribution in [0.5, 0.6) is 0 Å². The third-order valence-corrected chi connectivity index (χ3v) is 2.13. The van der Waals surface area contributed by atoms with Crippen LogP contribution < -0.4 is 5.32 Å². The van der Waals surface area contributed by atoms with Gasteiger partial charge >= 0.3 is 6.09 Å². The number of carbonyl (C=O) groups excluding carboxylic acids is 1. The van der Waals surface area contributed by atoms with Gasteiger partial charge in [-0.25, -0.2) is 13.6 Å². The molecule has 0 saturated heterocycles. The average Bonchev–Trinajstić information content (AvgIpc) is 2.24. The Morgan fingerprint density at radius 1 is 1.56 bits per heavy atom. The molecular weight excluding hydrogens is 244 g/mol. The Hall–Kier alpha value is -1.40. The zero-order valence-corrected chi connectivity index (χ0v) is 10.9. The maximum absolute atomic E-state index is 12.0. The molecule has 0 fully saturated rings. The first-order chi connectivity index (χ1) is 8.28. The van der Waals surface area contributed by atoms with Crippen molar-refractivity contribution in [3.8, 4) is 0 Å². The molecule has 1 heterocycles. The predicted molar refractivity (Wildman–Crippen MR) is 64.1 cm³/mol. The minimum absolute atomic E-state index is 0.182. The van der Waals surface area contributed by atoms with Crippen molar-refractivity contribution in [1.82, 2.24) is 10.2 Å². The third-order valence-electron chi connectivity index (χ3n) is 2.13. The molecule has 0 aliphatic carbocycles. The maximum Gasteiger partial charge on any atom is 0.410 e. The Balaban J connectivity index is 2.46. The molecule has 18 heavy (non-hydrogen) atoms. The molecule has 1 rings (SSSR count). The molecule has 1 aliphatic heterocycles. The molecule has 5 nitrogen and oxygen atoms in total. The van der Waals surface area contributed by atoms with Gasteiger partial charge in [-0.1, -0.05) is 0 Å². The number of hydrogen-bond acceptors (Lipinski definition) is 4. The first-order valence-electron chi connectivity index (χ1n) is 5.81. The summed E-state index contributed by atoms with van der Waals surface area (Å²) in [4.78, 5) is 17.3. The van der Waals surface area contributed by atoms with E-state index in [-0.39, 0.29) is 6.54 Å². The fourth-order valence-corrected chi connectivity index (χ4v) is 1.40. The lowest BCUT2D eigenvalue weighted by molar-refractivity contribution is 0.0276. The van der Waals surface area contributed by atoms with E-state index in [1.165, 1.54) is 4.90 Å². The summed E-state index contributed by atoms with van der Waals surface area (Å²) in [7, 11) is 0. The number of rotatable bonds is 2. The number of carbonyl (C=O) groups is 1. The SMILES string of the molecule is CC(C)(C)OC(=O)N1CCN=C(NCC(F)F)C1. The molecule has 7 heteroatoms. The number of hydrogen-bond donors (Lipinski definition) is 1. The number of amides is 1. The molecule has 0 spiro atoms. The quantitative estimate of drug-likeness (QED) is 0.821. The normalized spacial score (nSPS) is 16.6. The van der Waals surface area contributed by atoms with Gasteiger partial charge in [0.1, 0.15) is 11.4 Å². The van der Waals surface area contributed by atoms with E-state index in [9.17, 15) is 13.6 Å². The van der Waals surface area contributed by atoms with E-state index in [1.54, 1.807) is 20.8 Å². The van der Waals surface area contributed by atoms with E-state index in [4.69, 9.17) is 4.74 Å². The number of halogens is 2. The average molecular weight is 263 g/mol. The lowest BCUT2D eigenvalue weighted by Crippen LogP contribution is -2.47. The van der Waals surface area contributed by atoms with E-state index >= 15 is 0 Å². The summed E-state index contributed by atoms with van der Waals surface area (Å²) in [5, 5.41) is 2.52. The van der Waals surface area contributed by atoms with Gasteiger partial charge < -0.3 is 10.1 Å². The number of aliphatic imine (C=N–C) groups is 1. The van der Waals surface area contributed by atoms with E-state index < -0.39 is 24.7 Å². The highest BCUT2D eigenvalue weighted by Gasteiger charge is 2.25. The monoisotopic (exact) mass is 263 g/mol. The van der Waals surface area contributed by atoms with Crippen LogP contribution in [0.25, 0.3) is 0 Å². The predicted octanol–water partition coefficient (Wildman–Crippen LogP) is 1.49. The highest BCUT2D eigenvalue weighted by molar-refractivity contribution is 5.87. The molecule has 0 atom stereocenters. The molecule has 0 aromatic heterocycles. The van der Waals surface area contributed by atoms with Gasteiger partial charge in [0.15, 0.2) is 0 Å². The first-order valence-corrected chi connectivity index (χ1v) is 5.81. The summed E-state index contributed by atoms with van der Waals surface area (Å²) in [6, 6.07) is 0. The van der Waals surface area contributed by atoms with Crippen molar-refractivity contribution in [2.45, 2.75) is 32.8 Å². The van der Waals surface area contributed by atoms with Gasteiger partial charge in [0.2, 0.25) is 0 Å². The van der Waals surface area contributed by atoms with Gasteiger partial charge in [0.25, 0.3) is 6.43 Å². The number of amidine groups is 1. The molecule has 1 N–H and O–H groups in total. The summed E-state index contributed by atoms with van der Waals surface area (Å²) >= 11 is 0. The Kier molecular flexibility index (Phi) is 4.86. The van der Waals surface area contributed by atoms with Crippen LogP contribution in [-0.2, 0) is 4.74 Å².